The minimum atomic E-state index is -4.00. The summed E-state index contributed by atoms with van der Waals surface area (Å²) in [4.78, 5) is 38.7. The van der Waals surface area contributed by atoms with Gasteiger partial charge in [-0.15, -0.1) is 0 Å². The Balaban J connectivity index is 2.53. The van der Waals surface area contributed by atoms with Gasteiger partial charge >= 0.3 is 0 Å². The fraction of sp³-hybridized carbons (Fsp3) is 0.440. The van der Waals surface area contributed by atoms with Gasteiger partial charge in [0.2, 0.25) is 21.8 Å². The lowest BCUT2D eigenvalue weighted by Gasteiger charge is -2.33. The Hall–Kier alpha value is -3.47. The zero-order valence-corrected chi connectivity index (χ0v) is 22.3. The van der Waals surface area contributed by atoms with Crippen LogP contribution in [0, 0.1) is 24.0 Å². The van der Waals surface area contributed by atoms with Gasteiger partial charge in [0.25, 0.3) is 5.69 Å². The molecule has 0 radical (unpaired) electrons. The van der Waals surface area contributed by atoms with Crippen molar-refractivity contribution < 1.29 is 22.9 Å². The molecule has 0 aliphatic carbocycles. The number of nitro groups is 1. The Bertz CT molecular complexity index is 1230. The van der Waals surface area contributed by atoms with Crippen molar-refractivity contribution in [3.63, 3.8) is 0 Å². The summed E-state index contributed by atoms with van der Waals surface area (Å²) in [5.41, 5.74) is 1.96. The number of amides is 2. The van der Waals surface area contributed by atoms with Crippen LogP contribution in [0.15, 0.2) is 42.5 Å². The molecule has 1 N–H and O–H groups in total. The third-order valence-corrected chi connectivity index (χ3v) is 6.73. The standard InChI is InChI=1S/C25H34N4O6S/c1-7-22(25(31)26-17(2)3)27(15-20-10-8-9-18(4)13-20)24(30)16-28(36(6,34)35)23-14-21(29(32)33)12-11-19(23)5/h8-14,17,22H,7,15-16H2,1-6H3,(H,26,31)/t22-/m0/s1. The molecule has 2 rings (SSSR count). The number of aryl methyl sites for hydroxylation is 2. The summed E-state index contributed by atoms with van der Waals surface area (Å²) in [5, 5.41) is 14.1. The number of sulfonamides is 1. The van der Waals surface area contributed by atoms with E-state index in [0.29, 0.717) is 12.0 Å². The molecule has 0 aliphatic rings. The molecule has 2 aromatic rings. The van der Waals surface area contributed by atoms with Gasteiger partial charge in [-0.3, -0.25) is 24.0 Å². The summed E-state index contributed by atoms with van der Waals surface area (Å²) in [6.07, 6.45) is 1.25. The third kappa shape index (κ3) is 7.51. The molecule has 2 amide bonds. The number of nitro benzene ring substituents is 1. The Kier molecular flexibility index (Phi) is 9.57. The molecule has 0 bridgehead atoms. The van der Waals surface area contributed by atoms with E-state index < -0.39 is 33.4 Å². The molecule has 196 valence electrons. The van der Waals surface area contributed by atoms with E-state index in [1.807, 2.05) is 45.0 Å². The van der Waals surface area contributed by atoms with E-state index in [-0.39, 0.29) is 29.9 Å². The van der Waals surface area contributed by atoms with E-state index >= 15 is 0 Å². The first-order valence-electron chi connectivity index (χ1n) is 11.6. The maximum absolute atomic E-state index is 13.7. The van der Waals surface area contributed by atoms with Crippen LogP contribution < -0.4 is 9.62 Å². The van der Waals surface area contributed by atoms with Crippen molar-refractivity contribution in [2.75, 3.05) is 17.1 Å². The first-order valence-corrected chi connectivity index (χ1v) is 13.5. The molecule has 1 atom stereocenters. The Labute approximate surface area is 212 Å². The van der Waals surface area contributed by atoms with E-state index in [1.54, 1.807) is 13.8 Å². The number of rotatable bonds is 11. The number of carbonyl (C=O) groups excluding carboxylic acids is 2. The molecule has 0 unspecified atom stereocenters. The molecule has 0 spiro atoms. The van der Waals surface area contributed by atoms with Gasteiger partial charge < -0.3 is 10.2 Å². The summed E-state index contributed by atoms with van der Waals surface area (Å²) in [5.74, 6) is -0.940. The van der Waals surface area contributed by atoms with Gasteiger partial charge in [0.1, 0.15) is 12.6 Å². The van der Waals surface area contributed by atoms with Crippen LogP contribution in [0.2, 0.25) is 0 Å². The second-order valence-electron chi connectivity index (χ2n) is 9.10. The predicted octanol–water partition coefficient (Wildman–Crippen LogP) is 3.31. The van der Waals surface area contributed by atoms with Gasteiger partial charge in [-0.05, 0) is 45.2 Å². The van der Waals surface area contributed by atoms with Crippen LogP contribution in [0.5, 0.6) is 0 Å². The topological polar surface area (TPSA) is 130 Å². The molecule has 0 aromatic heterocycles. The lowest BCUT2D eigenvalue weighted by Crippen LogP contribution is -2.53. The zero-order valence-electron chi connectivity index (χ0n) is 21.5. The largest absolute Gasteiger partial charge is 0.352 e. The lowest BCUT2D eigenvalue weighted by atomic mass is 10.1. The number of hydrogen-bond acceptors (Lipinski definition) is 6. The maximum Gasteiger partial charge on any atom is 0.271 e. The first kappa shape index (κ1) is 28.8. The van der Waals surface area contributed by atoms with Gasteiger partial charge in [0, 0.05) is 24.7 Å². The fourth-order valence-corrected chi connectivity index (χ4v) is 4.78. The van der Waals surface area contributed by atoms with Crippen LogP contribution in [-0.4, -0.2) is 54.9 Å². The summed E-state index contributed by atoms with van der Waals surface area (Å²) in [6.45, 7) is 8.40. The van der Waals surface area contributed by atoms with Crippen molar-refractivity contribution >= 4 is 33.2 Å². The summed E-state index contributed by atoms with van der Waals surface area (Å²) < 4.78 is 26.4. The highest BCUT2D eigenvalue weighted by Gasteiger charge is 2.32. The van der Waals surface area contributed by atoms with Crippen LogP contribution in [0.25, 0.3) is 0 Å². The highest BCUT2D eigenvalue weighted by Crippen LogP contribution is 2.28. The normalized spacial score (nSPS) is 12.2. The van der Waals surface area contributed by atoms with Crippen LogP contribution in [0.1, 0.15) is 43.9 Å². The number of nitrogens with one attached hydrogen (secondary N) is 1. The van der Waals surface area contributed by atoms with E-state index in [9.17, 15) is 28.1 Å². The van der Waals surface area contributed by atoms with Gasteiger partial charge in [0.05, 0.1) is 16.9 Å². The van der Waals surface area contributed by atoms with Crippen LogP contribution in [0.4, 0.5) is 11.4 Å². The molecule has 0 heterocycles. The number of benzene rings is 2. The smallest absolute Gasteiger partial charge is 0.271 e. The van der Waals surface area contributed by atoms with Crippen molar-refractivity contribution in [1.82, 2.24) is 10.2 Å². The van der Waals surface area contributed by atoms with Crippen LogP contribution in [0.3, 0.4) is 0 Å². The number of nitrogens with zero attached hydrogens (tertiary/aromatic N) is 3. The average molecular weight is 519 g/mol. The Morgan fingerprint density at radius 1 is 1.11 bits per heavy atom. The van der Waals surface area contributed by atoms with Crippen LogP contribution in [-0.2, 0) is 26.2 Å². The van der Waals surface area contributed by atoms with E-state index in [2.05, 4.69) is 5.32 Å². The molecule has 0 saturated carbocycles. The van der Waals surface area contributed by atoms with Gasteiger partial charge in [-0.25, -0.2) is 8.42 Å². The van der Waals surface area contributed by atoms with E-state index in [1.165, 1.54) is 17.0 Å². The summed E-state index contributed by atoms with van der Waals surface area (Å²) in [6, 6.07) is 10.3. The number of carbonyl (C=O) groups is 2. The van der Waals surface area contributed by atoms with E-state index in [4.69, 9.17) is 0 Å². The quantitative estimate of drug-likeness (QED) is 0.359. The minimum Gasteiger partial charge on any atom is -0.352 e. The molecular weight excluding hydrogens is 484 g/mol. The molecule has 0 saturated heterocycles. The second kappa shape index (κ2) is 12.0. The molecule has 2 aromatic carbocycles. The Morgan fingerprint density at radius 2 is 1.78 bits per heavy atom. The van der Waals surface area contributed by atoms with Gasteiger partial charge in [-0.2, -0.15) is 0 Å². The maximum atomic E-state index is 13.7. The third-order valence-electron chi connectivity index (χ3n) is 5.60. The summed E-state index contributed by atoms with van der Waals surface area (Å²) in [7, 11) is -4.00. The van der Waals surface area contributed by atoms with Crippen molar-refractivity contribution in [3.05, 3.63) is 69.3 Å². The van der Waals surface area contributed by atoms with E-state index in [0.717, 1.165) is 27.8 Å². The zero-order chi connectivity index (χ0) is 27.2. The summed E-state index contributed by atoms with van der Waals surface area (Å²) >= 11 is 0. The average Bonchev–Trinajstić information content (AvgIpc) is 2.76. The minimum absolute atomic E-state index is 0.0373. The fourth-order valence-electron chi connectivity index (χ4n) is 3.88. The second-order valence-corrected chi connectivity index (χ2v) is 11.0. The molecule has 0 fully saturated rings. The Morgan fingerprint density at radius 3 is 2.31 bits per heavy atom. The van der Waals surface area contributed by atoms with Gasteiger partial charge in [0.15, 0.2) is 0 Å². The first-order chi connectivity index (χ1) is 16.7. The molecule has 36 heavy (non-hydrogen) atoms. The highest BCUT2D eigenvalue weighted by atomic mass is 32.2. The SMILES string of the molecule is CC[C@@H](C(=O)NC(C)C)N(Cc1cccc(C)c1)C(=O)CN(c1cc([N+](=O)[O-])ccc1C)S(C)(=O)=O. The number of hydrogen-bond donors (Lipinski definition) is 1. The molecular formula is C25H34N4O6S. The lowest BCUT2D eigenvalue weighted by molar-refractivity contribution is -0.384. The highest BCUT2D eigenvalue weighted by molar-refractivity contribution is 7.92. The monoisotopic (exact) mass is 518 g/mol. The van der Waals surface area contributed by atoms with Crippen molar-refractivity contribution in [3.8, 4) is 0 Å². The predicted molar refractivity (Wildman–Crippen MR) is 139 cm³/mol. The molecule has 10 nitrogen and oxygen atoms in total. The number of non-ortho nitro benzene ring substituents is 1. The number of anilines is 1. The molecule has 0 aliphatic heterocycles. The van der Waals surface area contributed by atoms with Crippen molar-refractivity contribution in [2.24, 2.45) is 0 Å². The van der Waals surface area contributed by atoms with Crippen molar-refractivity contribution in [1.29, 1.82) is 0 Å². The van der Waals surface area contributed by atoms with Crippen molar-refractivity contribution in [2.45, 2.75) is 59.7 Å². The molecule has 11 heteroatoms. The van der Waals surface area contributed by atoms with Crippen LogP contribution >= 0.6 is 0 Å². The van der Waals surface area contributed by atoms with Gasteiger partial charge in [-0.1, -0.05) is 42.8 Å².